The summed E-state index contributed by atoms with van der Waals surface area (Å²) < 4.78 is 0. The number of carboxylic acid groups (broad SMARTS) is 1. The zero-order valence-electron chi connectivity index (χ0n) is 10.1. The fourth-order valence-corrected chi connectivity index (χ4v) is 0.734. The highest BCUT2D eigenvalue weighted by molar-refractivity contribution is 7.84. The van der Waals surface area contributed by atoms with Crippen LogP contribution in [0.25, 0.3) is 0 Å². The van der Waals surface area contributed by atoms with E-state index in [9.17, 15) is 0 Å². The lowest BCUT2D eigenvalue weighted by molar-refractivity contribution is -0.122. The van der Waals surface area contributed by atoms with Gasteiger partial charge in [0, 0.05) is 11.1 Å². The van der Waals surface area contributed by atoms with Crippen LogP contribution < -0.4 is 5.73 Å². The van der Waals surface area contributed by atoms with Gasteiger partial charge in [-0.3, -0.25) is 4.79 Å². The molecule has 0 amide bonds. The second-order valence-electron chi connectivity index (χ2n) is 3.92. The summed E-state index contributed by atoms with van der Waals surface area (Å²) in [5.74, 6) is 6.02. The maximum absolute atomic E-state index is 8.36. The molecule has 0 rings (SSSR count). The molecule has 16 heavy (non-hydrogen) atoms. The average molecular weight is 241 g/mol. The minimum atomic E-state index is -0.250. The zero-order valence-corrected chi connectivity index (χ0v) is 11.0. The van der Waals surface area contributed by atoms with E-state index >= 15 is 0 Å². The highest BCUT2D eigenvalue weighted by Gasteiger charge is 2.02. The summed E-state index contributed by atoms with van der Waals surface area (Å²) in [6, 6.07) is 0. The van der Waals surface area contributed by atoms with Crippen LogP contribution in [0.15, 0.2) is 22.8 Å². The summed E-state index contributed by atoms with van der Waals surface area (Å²) >= 11 is 4.20. The molecule has 0 bridgehead atoms. The summed E-state index contributed by atoms with van der Waals surface area (Å²) in [6.45, 7) is 7.80. The summed E-state index contributed by atoms with van der Waals surface area (Å²) in [7, 11) is 0. The van der Waals surface area contributed by atoms with E-state index in [4.69, 9.17) is 15.6 Å². The van der Waals surface area contributed by atoms with Crippen LogP contribution in [0.3, 0.4) is 0 Å². The van der Waals surface area contributed by atoms with Crippen molar-refractivity contribution in [1.82, 2.24) is 0 Å². The molecule has 0 fully saturated rings. The summed E-state index contributed by atoms with van der Waals surface area (Å²) in [6.07, 6.45) is 3.57. The zero-order chi connectivity index (χ0) is 13.2. The van der Waals surface area contributed by atoms with Crippen LogP contribution in [0.4, 0.5) is 0 Å². The van der Waals surface area contributed by atoms with Gasteiger partial charge in [0.05, 0.1) is 4.91 Å². The lowest BCUT2D eigenvalue weighted by atomic mass is 9.98. The van der Waals surface area contributed by atoms with Crippen LogP contribution in [0, 0.1) is 17.3 Å². The SMILES string of the molecule is C/C=C(N)/C=C(\S)C#CC(C)(C)C.O=CO. The molecule has 0 spiro atoms. The average Bonchev–Trinajstić information content (AvgIpc) is 2.15. The predicted molar refractivity (Wildman–Crippen MR) is 70.9 cm³/mol. The van der Waals surface area contributed by atoms with Gasteiger partial charge in [0.15, 0.2) is 0 Å². The van der Waals surface area contributed by atoms with Crippen LogP contribution in [-0.4, -0.2) is 11.6 Å². The van der Waals surface area contributed by atoms with Crippen molar-refractivity contribution in [2.75, 3.05) is 0 Å². The smallest absolute Gasteiger partial charge is 0.290 e. The topological polar surface area (TPSA) is 63.3 Å². The lowest BCUT2D eigenvalue weighted by Gasteiger charge is -2.06. The normalized spacial score (nSPS) is 11.8. The number of nitrogens with two attached hydrogens (primary N) is 1. The Bertz CT molecular complexity index is 327. The van der Waals surface area contributed by atoms with Crippen molar-refractivity contribution in [3.05, 3.63) is 22.8 Å². The van der Waals surface area contributed by atoms with E-state index in [0.29, 0.717) is 10.6 Å². The van der Waals surface area contributed by atoms with Gasteiger partial charge in [0.2, 0.25) is 0 Å². The van der Waals surface area contributed by atoms with Gasteiger partial charge in [-0.2, -0.15) is 0 Å². The Morgan fingerprint density at radius 2 is 1.88 bits per heavy atom. The Morgan fingerprint density at radius 1 is 1.44 bits per heavy atom. The molecule has 0 radical (unpaired) electrons. The molecule has 3 nitrogen and oxygen atoms in total. The van der Waals surface area contributed by atoms with E-state index in [2.05, 4.69) is 45.2 Å². The third-order valence-corrected chi connectivity index (χ3v) is 1.44. The van der Waals surface area contributed by atoms with Crippen molar-refractivity contribution < 1.29 is 9.90 Å². The Labute approximate surface area is 103 Å². The molecule has 90 valence electrons. The molecule has 0 saturated carbocycles. The fourth-order valence-electron chi connectivity index (χ4n) is 0.529. The molecule has 4 heteroatoms. The molecular weight excluding hydrogens is 222 g/mol. The Morgan fingerprint density at radius 3 is 2.19 bits per heavy atom. The first-order valence-corrected chi connectivity index (χ1v) is 5.15. The van der Waals surface area contributed by atoms with Gasteiger partial charge in [-0.05, 0) is 33.8 Å². The van der Waals surface area contributed by atoms with Crippen LogP contribution >= 0.6 is 12.6 Å². The van der Waals surface area contributed by atoms with E-state index in [1.54, 1.807) is 6.08 Å². The van der Waals surface area contributed by atoms with Crippen LogP contribution in [0.2, 0.25) is 0 Å². The molecule has 0 aromatic carbocycles. The molecule has 0 unspecified atom stereocenters. The Balaban J connectivity index is 0. The molecule has 0 aromatic rings. The molecular formula is C12H19NO2S. The minimum Gasteiger partial charge on any atom is -0.483 e. The first-order chi connectivity index (χ1) is 7.26. The van der Waals surface area contributed by atoms with E-state index in [1.165, 1.54) is 0 Å². The monoisotopic (exact) mass is 241 g/mol. The van der Waals surface area contributed by atoms with Gasteiger partial charge in [0.1, 0.15) is 0 Å². The van der Waals surface area contributed by atoms with Crippen LogP contribution in [0.5, 0.6) is 0 Å². The summed E-state index contributed by atoms with van der Waals surface area (Å²) in [5.41, 5.74) is 6.28. The highest BCUT2D eigenvalue weighted by Crippen LogP contribution is 2.11. The van der Waals surface area contributed by atoms with Crippen LogP contribution in [-0.2, 0) is 4.79 Å². The maximum atomic E-state index is 8.36. The fraction of sp³-hybridized carbons (Fsp3) is 0.417. The van der Waals surface area contributed by atoms with Crippen molar-refractivity contribution in [3.8, 4) is 11.8 Å². The van der Waals surface area contributed by atoms with Gasteiger partial charge < -0.3 is 10.8 Å². The molecule has 0 heterocycles. The predicted octanol–water partition coefficient (Wildman–Crippen LogP) is 2.41. The quantitative estimate of drug-likeness (QED) is 0.286. The molecule has 0 aliphatic heterocycles. The van der Waals surface area contributed by atoms with Crippen molar-refractivity contribution in [2.45, 2.75) is 27.7 Å². The van der Waals surface area contributed by atoms with E-state index in [0.717, 1.165) is 0 Å². The van der Waals surface area contributed by atoms with Gasteiger partial charge in [0.25, 0.3) is 6.47 Å². The first-order valence-electron chi connectivity index (χ1n) is 4.70. The van der Waals surface area contributed by atoms with Crippen molar-refractivity contribution >= 4 is 19.1 Å². The highest BCUT2D eigenvalue weighted by atomic mass is 32.1. The number of hydrogen-bond donors (Lipinski definition) is 3. The van der Waals surface area contributed by atoms with Crippen molar-refractivity contribution in [2.24, 2.45) is 11.1 Å². The van der Waals surface area contributed by atoms with E-state index in [1.807, 2.05) is 13.0 Å². The lowest BCUT2D eigenvalue weighted by Crippen LogP contribution is -1.99. The Hall–Kier alpha value is -1.34. The number of allylic oxidation sites excluding steroid dienone is 3. The van der Waals surface area contributed by atoms with E-state index < -0.39 is 0 Å². The number of carbonyl (C=O) groups is 1. The van der Waals surface area contributed by atoms with Crippen molar-refractivity contribution in [3.63, 3.8) is 0 Å². The Kier molecular flexibility index (Phi) is 9.52. The molecule has 0 aliphatic carbocycles. The second kappa shape index (κ2) is 8.93. The van der Waals surface area contributed by atoms with E-state index in [-0.39, 0.29) is 11.9 Å². The summed E-state index contributed by atoms with van der Waals surface area (Å²) in [5, 5.41) is 6.89. The number of thiol groups is 1. The summed E-state index contributed by atoms with van der Waals surface area (Å²) in [4.78, 5) is 9.06. The number of rotatable bonds is 1. The third kappa shape index (κ3) is 15.1. The van der Waals surface area contributed by atoms with Crippen molar-refractivity contribution in [1.29, 1.82) is 0 Å². The number of hydrogen-bond acceptors (Lipinski definition) is 3. The van der Waals surface area contributed by atoms with Gasteiger partial charge >= 0.3 is 0 Å². The standard InChI is InChI=1S/C11H17NS.CH2O2/c1-5-9(12)8-10(13)6-7-11(2,3)4;2-1-3/h5,8,13H,12H2,1-4H3;1H,(H,2,3)/b9-5-,10-8-;. The van der Waals surface area contributed by atoms with Gasteiger partial charge in [-0.1, -0.05) is 17.9 Å². The molecule has 0 atom stereocenters. The third-order valence-electron chi connectivity index (χ3n) is 1.20. The first kappa shape index (κ1) is 17.1. The van der Waals surface area contributed by atoms with Gasteiger partial charge in [-0.15, -0.1) is 12.6 Å². The molecule has 3 N–H and O–H groups in total. The largest absolute Gasteiger partial charge is 0.483 e. The minimum absolute atomic E-state index is 0.00646. The molecule has 0 aromatic heterocycles. The van der Waals surface area contributed by atoms with Gasteiger partial charge in [-0.25, -0.2) is 0 Å². The molecule has 0 saturated heterocycles. The van der Waals surface area contributed by atoms with Crippen LogP contribution in [0.1, 0.15) is 27.7 Å². The molecule has 0 aliphatic rings. The second-order valence-corrected chi connectivity index (χ2v) is 4.41. The maximum Gasteiger partial charge on any atom is 0.290 e.